The van der Waals surface area contributed by atoms with Gasteiger partial charge < -0.3 is 25.8 Å². The van der Waals surface area contributed by atoms with E-state index in [1.54, 1.807) is 11.6 Å². The van der Waals surface area contributed by atoms with Crippen LogP contribution in [0.1, 0.15) is 90.5 Å². The number of fused-ring (bicyclic) bond motifs is 2. The zero-order valence-electron chi connectivity index (χ0n) is 25.6. The van der Waals surface area contributed by atoms with Gasteiger partial charge in [0.05, 0.1) is 18.2 Å². The smallest absolute Gasteiger partial charge is 0.330 e. The molecule has 3 aromatic heterocycles. The van der Waals surface area contributed by atoms with Gasteiger partial charge in [0.1, 0.15) is 17.7 Å². The van der Waals surface area contributed by atoms with Gasteiger partial charge in [0.2, 0.25) is 17.5 Å². The summed E-state index contributed by atoms with van der Waals surface area (Å²) in [6.45, 7) is 4.29. The van der Waals surface area contributed by atoms with Gasteiger partial charge in [0.25, 0.3) is 0 Å². The number of allylic oxidation sites excluding steroid dienone is 2. The molecule has 2 aliphatic heterocycles. The molecular formula is C31H40N8O4S. The Morgan fingerprint density at radius 2 is 2.05 bits per heavy atom. The van der Waals surface area contributed by atoms with Crippen molar-refractivity contribution in [2.24, 2.45) is 12.8 Å². The molecule has 5 heterocycles. The van der Waals surface area contributed by atoms with Crippen molar-refractivity contribution in [1.29, 1.82) is 5.26 Å². The van der Waals surface area contributed by atoms with Crippen molar-refractivity contribution in [3.63, 3.8) is 0 Å². The Morgan fingerprint density at radius 3 is 2.73 bits per heavy atom. The number of carbonyl (C=O) groups is 1. The standard InChI is InChI=1S/C31H40N8O4S/c1-4-7-20(24(33)19-9-5-10-22-23(19)21(14-32)27(34)44-22)26(40)28-35-29-25(30(36-28)43-16-17-8-6-12-37(17)2)38(3)31(41)39(29)18-11-13-42-15-18/h17-19H,4-13,15-16,33-34H2,1-3H3/b24-20-/t17-,18?,19-/m0/s1. The van der Waals surface area contributed by atoms with Gasteiger partial charge in [0.15, 0.2) is 11.2 Å². The van der Waals surface area contributed by atoms with Crippen molar-refractivity contribution in [2.75, 3.05) is 39.1 Å². The number of thiophene rings is 1. The minimum Gasteiger partial charge on any atom is -0.474 e. The third kappa shape index (κ3) is 5.18. The summed E-state index contributed by atoms with van der Waals surface area (Å²) >= 11 is 1.43. The van der Waals surface area contributed by atoms with E-state index in [4.69, 9.17) is 25.9 Å². The number of ketones is 1. The second kappa shape index (κ2) is 12.3. The molecular weight excluding hydrogens is 580 g/mol. The van der Waals surface area contributed by atoms with E-state index in [1.165, 1.54) is 15.9 Å². The first-order chi connectivity index (χ1) is 21.2. The third-order valence-electron chi connectivity index (χ3n) is 9.35. The van der Waals surface area contributed by atoms with E-state index in [2.05, 4.69) is 23.0 Å². The van der Waals surface area contributed by atoms with Crippen LogP contribution in [-0.2, 0) is 18.2 Å². The van der Waals surface area contributed by atoms with Crippen molar-refractivity contribution < 1.29 is 14.3 Å². The molecule has 0 aromatic carbocycles. The molecule has 3 aromatic rings. The molecule has 4 N–H and O–H groups in total. The van der Waals surface area contributed by atoms with Gasteiger partial charge in [-0.1, -0.05) is 13.3 Å². The fraction of sp³-hybridized carbons (Fsp3) is 0.581. The summed E-state index contributed by atoms with van der Waals surface area (Å²) in [5, 5.41) is 10.4. The quantitative estimate of drug-likeness (QED) is 0.267. The largest absolute Gasteiger partial charge is 0.474 e. The lowest BCUT2D eigenvalue weighted by Gasteiger charge is -2.25. The molecule has 2 saturated heterocycles. The number of nitrogens with zero attached hydrogens (tertiary/aromatic N) is 6. The zero-order valence-corrected chi connectivity index (χ0v) is 26.4. The first kappa shape index (κ1) is 30.3. The monoisotopic (exact) mass is 620 g/mol. The van der Waals surface area contributed by atoms with E-state index < -0.39 is 5.78 Å². The van der Waals surface area contributed by atoms with Crippen LogP contribution in [0.4, 0.5) is 5.00 Å². The average Bonchev–Trinajstić information content (AvgIpc) is 3.80. The molecule has 13 heteroatoms. The molecule has 3 atom stereocenters. The normalized spacial score (nSPS) is 22.6. The number of rotatable bonds is 9. The number of hydrogen-bond acceptors (Lipinski definition) is 11. The molecule has 0 bridgehead atoms. The molecule has 6 rings (SSSR count). The van der Waals surface area contributed by atoms with E-state index in [1.807, 2.05) is 6.92 Å². The number of imidazole rings is 1. The highest BCUT2D eigenvalue weighted by atomic mass is 32.1. The Labute approximate surface area is 260 Å². The van der Waals surface area contributed by atoms with Crippen LogP contribution < -0.4 is 21.9 Å². The number of carbonyl (C=O) groups excluding carboxylic acids is 1. The fourth-order valence-corrected chi connectivity index (χ4v) is 8.06. The van der Waals surface area contributed by atoms with Crippen LogP contribution in [0.2, 0.25) is 0 Å². The van der Waals surface area contributed by atoms with Crippen LogP contribution in [0.3, 0.4) is 0 Å². The number of ether oxygens (including phenoxy) is 2. The number of Topliss-reactive ketones (excluding diaryl/α,β-unsaturated/α-hetero) is 1. The molecule has 12 nitrogen and oxygen atoms in total. The van der Waals surface area contributed by atoms with E-state index in [-0.39, 0.29) is 35.4 Å². The zero-order chi connectivity index (χ0) is 31.1. The predicted molar refractivity (Wildman–Crippen MR) is 168 cm³/mol. The maximum absolute atomic E-state index is 14.4. The van der Waals surface area contributed by atoms with E-state index >= 15 is 0 Å². The van der Waals surface area contributed by atoms with Crippen molar-refractivity contribution >= 4 is 33.3 Å². The maximum Gasteiger partial charge on any atom is 0.330 e. The number of nitriles is 1. The van der Waals surface area contributed by atoms with Gasteiger partial charge in [-0.15, -0.1) is 11.3 Å². The fourth-order valence-electron chi connectivity index (χ4n) is 6.94. The number of likely N-dealkylation sites (N-methyl/N-ethyl adjacent to an activating group) is 1. The number of nitrogen functional groups attached to an aromatic ring is 1. The van der Waals surface area contributed by atoms with Crippen molar-refractivity contribution in [3.05, 3.63) is 43.6 Å². The van der Waals surface area contributed by atoms with Gasteiger partial charge in [-0.2, -0.15) is 10.2 Å². The molecule has 2 fully saturated rings. The third-order valence-corrected chi connectivity index (χ3v) is 10.4. The Kier molecular flexibility index (Phi) is 8.50. The predicted octanol–water partition coefficient (Wildman–Crippen LogP) is 3.40. The summed E-state index contributed by atoms with van der Waals surface area (Å²) in [6.07, 6.45) is 6.27. The topological polar surface area (TPSA) is 167 Å². The second-order valence-corrected chi connectivity index (χ2v) is 13.2. The number of nitrogens with two attached hydrogens (primary N) is 2. The summed E-state index contributed by atoms with van der Waals surface area (Å²) in [7, 11) is 3.74. The Bertz CT molecular complexity index is 1720. The Balaban J connectivity index is 1.48. The van der Waals surface area contributed by atoms with Gasteiger partial charge in [-0.3, -0.25) is 13.9 Å². The van der Waals surface area contributed by atoms with Gasteiger partial charge in [-0.05, 0) is 64.1 Å². The SMILES string of the molecule is CCC/C(C(=O)c1nc(OC[C@@H]2CCCN2C)c2c(n1)n(C1CCOC1)c(=O)n2C)=C(/N)[C@H]1CCCc2sc(N)c(C#N)c21. The van der Waals surface area contributed by atoms with Crippen molar-refractivity contribution in [2.45, 2.75) is 76.3 Å². The van der Waals surface area contributed by atoms with Crippen LogP contribution in [0.25, 0.3) is 11.2 Å². The molecule has 0 amide bonds. The number of hydrogen-bond donors (Lipinski definition) is 2. The summed E-state index contributed by atoms with van der Waals surface area (Å²) in [5.74, 6) is -0.537. The first-order valence-electron chi connectivity index (χ1n) is 15.5. The molecule has 1 unspecified atom stereocenters. The second-order valence-electron chi connectivity index (χ2n) is 12.1. The van der Waals surface area contributed by atoms with Crippen LogP contribution in [-0.4, -0.2) is 69.2 Å². The number of anilines is 1. The van der Waals surface area contributed by atoms with Crippen molar-refractivity contribution in [3.8, 4) is 11.9 Å². The first-order valence-corrected chi connectivity index (χ1v) is 16.3. The average molecular weight is 621 g/mol. The molecule has 1 aliphatic carbocycles. The molecule has 3 aliphatic rings. The molecule has 44 heavy (non-hydrogen) atoms. The lowest BCUT2D eigenvalue weighted by atomic mass is 9.80. The van der Waals surface area contributed by atoms with Crippen LogP contribution in [0.5, 0.6) is 5.88 Å². The number of aryl methyl sites for hydroxylation is 2. The summed E-state index contributed by atoms with van der Waals surface area (Å²) in [6, 6.07) is 2.26. The summed E-state index contributed by atoms with van der Waals surface area (Å²) in [4.78, 5) is 40.7. The van der Waals surface area contributed by atoms with Crippen LogP contribution >= 0.6 is 11.3 Å². The van der Waals surface area contributed by atoms with Gasteiger partial charge in [-0.25, -0.2) is 9.78 Å². The maximum atomic E-state index is 14.4. The van der Waals surface area contributed by atoms with Gasteiger partial charge >= 0.3 is 5.69 Å². The van der Waals surface area contributed by atoms with Crippen LogP contribution in [0, 0.1) is 11.3 Å². The summed E-state index contributed by atoms with van der Waals surface area (Å²) in [5.41, 5.74) is 15.8. The lowest BCUT2D eigenvalue weighted by Crippen LogP contribution is -2.31. The molecule has 0 saturated carbocycles. The lowest BCUT2D eigenvalue weighted by molar-refractivity contribution is 0.101. The number of likely N-dealkylation sites (tertiary alicyclic amines) is 1. The molecule has 0 spiro atoms. The van der Waals surface area contributed by atoms with Gasteiger partial charge in [0, 0.05) is 41.8 Å². The van der Waals surface area contributed by atoms with E-state index in [9.17, 15) is 14.9 Å². The van der Waals surface area contributed by atoms with E-state index in [0.717, 1.165) is 42.7 Å². The highest BCUT2D eigenvalue weighted by Gasteiger charge is 2.34. The Hall–Kier alpha value is -3.73. The number of aromatic nitrogens is 4. The molecule has 0 radical (unpaired) electrons. The highest BCUT2D eigenvalue weighted by Crippen LogP contribution is 2.45. The minimum atomic E-state index is -0.395. The van der Waals surface area contributed by atoms with Crippen LogP contribution in [0.15, 0.2) is 16.1 Å². The minimum absolute atomic E-state index is 0.0571. The highest BCUT2D eigenvalue weighted by molar-refractivity contribution is 7.16. The summed E-state index contributed by atoms with van der Waals surface area (Å²) < 4.78 is 15.0. The molecule has 234 valence electrons. The van der Waals surface area contributed by atoms with E-state index in [0.29, 0.717) is 78.5 Å². The Morgan fingerprint density at radius 1 is 1.23 bits per heavy atom. The van der Waals surface area contributed by atoms with Crippen molar-refractivity contribution in [1.82, 2.24) is 24.0 Å².